The van der Waals surface area contributed by atoms with E-state index in [1.54, 1.807) is 24.3 Å². The maximum Gasteiger partial charge on any atom is 0.283 e. The Balaban J connectivity index is 1.37. The van der Waals surface area contributed by atoms with E-state index in [0.29, 0.717) is 37.7 Å². The Morgan fingerprint density at radius 3 is 2.44 bits per heavy atom. The van der Waals surface area contributed by atoms with Crippen molar-refractivity contribution in [1.29, 1.82) is 0 Å². The molecule has 2 aliphatic heterocycles. The molecule has 32 heavy (non-hydrogen) atoms. The molecule has 0 unspecified atom stereocenters. The van der Waals surface area contributed by atoms with Crippen molar-refractivity contribution in [1.82, 2.24) is 20.1 Å². The van der Waals surface area contributed by atoms with E-state index in [4.69, 9.17) is 9.47 Å². The summed E-state index contributed by atoms with van der Waals surface area (Å²) in [6.07, 6.45) is -0.936. The van der Waals surface area contributed by atoms with E-state index in [1.807, 2.05) is 7.05 Å². The summed E-state index contributed by atoms with van der Waals surface area (Å²) in [5.74, 6) is -0.258. The first kappa shape index (κ1) is 22.1. The molecular weight excluding hydrogens is 436 g/mol. The van der Waals surface area contributed by atoms with Gasteiger partial charge in [-0.25, -0.2) is 8.42 Å². The minimum absolute atomic E-state index is 0.00251. The van der Waals surface area contributed by atoms with Crippen LogP contribution < -0.4 is 20.3 Å². The molecule has 2 amide bonds. The van der Waals surface area contributed by atoms with Gasteiger partial charge in [0.25, 0.3) is 11.8 Å². The van der Waals surface area contributed by atoms with Crippen molar-refractivity contribution in [3.8, 4) is 11.5 Å². The summed E-state index contributed by atoms with van der Waals surface area (Å²) < 4.78 is 38.3. The number of benzene rings is 2. The Kier molecular flexibility index (Phi) is 6.31. The van der Waals surface area contributed by atoms with Gasteiger partial charge in [0.2, 0.25) is 16.1 Å². The van der Waals surface area contributed by atoms with E-state index in [-0.39, 0.29) is 17.1 Å². The van der Waals surface area contributed by atoms with Gasteiger partial charge in [-0.1, -0.05) is 18.2 Å². The van der Waals surface area contributed by atoms with Crippen LogP contribution in [-0.2, 0) is 14.8 Å². The van der Waals surface area contributed by atoms with Crippen molar-refractivity contribution in [3.63, 3.8) is 0 Å². The molecule has 0 bridgehead atoms. The van der Waals surface area contributed by atoms with Gasteiger partial charge in [0.1, 0.15) is 6.61 Å². The molecule has 170 valence electrons. The number of ether oxygens (including phenoxy) is 2. The third-order valence-corrected chi connectivity index (χ3v) is 7.19. The van der Waals surface area contributed by atoms with Crippen LogP contribution in [0.3, 0.4) is 0 Å². The van der Waals surface area contributed by atoms with Gasteiger partial charge in [-0.05, 0) is 37.4 Å². The number of rotatable bonds is 4. The lowest BCUT2D eigenvalue weighted by molar-refractivity contribution is -0.131. The number of para-hydroxylation sites is 2. The highest BCUT2D eigenvalue weighted by atomic mass is 32.2. The molecule has 1 fully saturated rings. The molecule has 0 aliphatic carbocycles. The number of hydrogen-bond donors (Lipinski definition) is 2. The predicted octanol–water partition coefficient (Wildman–Crippen LogP) is 0.224. The zero-order valence-corrected chi connectivity index (χ0v) is 18.3. The number of piperazine rings is 1. The Hall–Kier alpha value is -3.15. The lowest BCUT2D eigenvalue weighted by Crippen LogP contribution is -2.50. The topological polar surface area (TPSA) is 117 Å². The van der Waals surface area contributed by atoms with Gasteiger partial charge in [-0.15, -0.1) is 0 Å². The second-order valence-electron chi connectivity index (χ2n) is 7.54. The van der Waals surface area contributed by atoms with Gasteiger partial charge < -0.3 is 14.4 Å². The van der Waals surface area contributed by atoms with Crippen LogP contribution in [0.1, 0.15) is 10.4 Å². The van der Waals surface area contributed by atoms with Gasteiger partial charge in [0.15, 0.2) is 11.5 Å². The van der Waals surface area contributed by atoms with Crippen LogP contribution in [0.15, 0.2) is 53.4 Å². The number of sulfonamides is 1. The molecule has 11 heteroatoms. The van der Waals surface area contributed by atoms with Gasteiger partial charge in [-0.2, -0.15) is 4.31 Å². The second kappa shape index (κ2) is 9.15. The van der Waals surface area contributed by atoms with Crippen LogP contribution in [0.4, 0.5) is 0 Å². The normalized spacial score (nSPS) is 19.2. The van der Waals surface area contributed by atoms with Crippen LogP contribution in [0.5, 0.6) is 11.5 Å². The highest BCUT2D eigenvalue weighted by molar-refractivity contribution is 7.89. The molecule has 4 rings (SSSR count). The third-order valence-electron chi connectivity index (χ3n) is 5.30. The Labute approximate surface area is 186 Å². The van der Waals surface area contributed by atoms with Crippen LogP contribution in [-0.4, -0.2) is 75.4 Å². The van der Waals surface area contributed by atoms with Gasteiger partial charge in [-0.3, -0.25) is 20.4 Å². The fourth-order valence-corrected chi connectivity index (χ4v) is 4.86. The van der Waals surface area contributed by atoms with E-state index in [2.05, 4.69) is 15.8 Å². The van der Waals surface area contributed by atoms with Crippen LogP contribution in [0.2, 0.25) is 0 Å². The first-order valence-corrected chi connectivity index (χ1v) is 11.6. The van der Waals surface area contributed by atoms with Crippen molar-refractivity contribution >= 4 is 21.8 Å². The molecule has 0 radical (unpaired) electrons. The molecule has 2 aliphatic rings. The van der Waals surface area contributed by atoms with E-state index in [0.717, 1.165) is 0 Å². The maximum atomic E-state index is 12.9. The van der Waals surface area contributed by atoms with E-state index in [1.165, 1.54) is 28.6 Å². The highest BCUT2D eigenvalue weighted by Crippen LogP contribution is 2.30. The number of amides is 2. The molecule has 2 aromatic rings. The van der Waals surface area contributed by atoms with Crippen molar-refractivity contribution < 1.29 is 27.5 Å². The molecule has 2 N–H and O–H groups in total. The summed E-state index contributed by atoms with van der Waals surface area (Å²) in [7, 11) is -1.78. The lowest BCUT2D eigenvalue weighted by Gasteiger charge is -2.31. The Bertz CT molecular complexity index is 1110. The van der Waals surface area contributed by atoms with Crippen molar-refractivity contribution in [2.24, 2.45) is 0 Å². The van der Waals surface area contributed by atoms with Crippen LogP contribution in [0, 0.1) is 0 Å². The second-order valence-corrected chi connectivity index (χ2v) is 9.48. The summed E-state index contributed by atoms with van der Waals surface area (Å²) >= 11 is 0. The Morgan fingerprint density at radius 2 is 1.69 bits per heavy atom. The van der Waals surface area contributed by atoms with Crippen LogP contribution >= 0.6 is 0 Å². The number of nitrogens with zero attached hydrogens (tertiary/aromatic N) is 2. The third kappa shape index (κ3) is 4.69. The standard InChI is InChI=1S/C21H24N4O6S/c1-24-9-11-25(12-10-24)32(28,29)16-6-4-5-15(13-16)20(26)22-23-21(27)19-14-30-17-7-2-3-8-18(17)31-19/h2-8,13,19H,9-12,14H2,1H3,(H,22,26)(H,23,27)/t19-/m1/s1. The first-order chi connectivity index (χ1) is 15.3. The smallest absolute Gasteiger partial charge is 0.283 e. The molecule has 2 heterocycles. The van der Waals surface area contributed by atoms with Crippen LogP contribution in [0.25, 0.3) is 0 Å². The number of hydrogen-bond acceptors (Lipinski definition) is 7. The molecule has 2 aromatic carbocycles. The van der Waals surface area contributed by atoms with E-state index >= 15 is 0 Å². The van der Waals surface area contributed by atoms with Gasteiger partial charge in [0, 0.05) is 31.7 Å². The molecular formula is C21H24N4O6S. The molecule has 10 nitrogen and oxygen atoms in total. The molecule has 0 saturated carbocycles. The summed E-state index contributed by atoms with van der Waals surface area (Å²) in [6, 6.07) is 12.7. The van der Waals surface area contributed by atoms with Gasteiger partial charge >= 0.3 is 0 Å². The quantitative estimate of drug-likeness (QED) is 0.627. The number of carbonyl (C=O) groups excluding carboxylic acids is 2. The highest BCUT2D eigenvalue weighted by Gasteiger charge is 2.29. The van der Waals surface area contributed by atoms with E-state index in [9.17, 15) is 18.0 Å². The fraction of sp³-hybridized carbons (Fsp3) is 0.333. The van der Waals surface area contributed by atoms with Gasteiger partial charge in [0.05, 0.1) is 4.90 Å². The SMILES string of the molecule is CN1CCN(S(=O)(=O)c2cccc(C(=O)NNC(=O)[C@H]3COc4ccccc4O3)c2)CC1. The van der Waals surface area contributed by atoms with Crippen molar-refractivity contribution in [3.05, 3.63) is 54.1 Å². The summed E-state index contributed by atoms with van der Waals surface area (Å²) in [5, 5.41) is 0. The first-order valence-electron chi connectivity index (χ1n) is 10.1. The monoisotopic (exact) mass is 460 g/mol. The summed E-state index contributed by atoms with van der Waals surface area (Å²) in [6.45, 7) is 2.05. The zero-order chi connectivity index (χ0) is 22.7. The largest absolute Gasteiger partial charge is 0.485 e. The number of nitrogens with one attached hydrogen (secondary N) is 2. The number of likely N-dealkylation sites (N-methyl/N-ethyl adjacent to an activating group) is 1. The number of hydrazine groups is 1. The number of fused-ring (bicyclic) bond motifs is 1. The van der Waals surface area contributed by atoms with Crippen molar-refractivity contribution in [2.45, 2.75) is 11.0 Å². The maximum absolute atomic E-state index is 12.9. The minimum Gasteiger partial charge on any atom is -0.485 e. The summed E-state index contributed by atoms with van der Waals surface area (Å²) in [5.41, 5.74) is 4.70. The average Bonchev–Trinajstić information content (AvgIpc) is 2.82. The lowest BCUT2D eigenvalue weighted by atomic mass is 10.2. The summed E-state index contributed by atoms with van der Waals surface area (Å²) in [4.78, 5) is 27.0. The zero-order valence-electron chi connectivity index (χ0n) is 17.5. The van der Waals surface area contributed by atoms with E-state index < -0.39 is 27.9 Å². The minimum atomic E-state index is -3.72. The predicted molar refractivity (Wildman–Crippen MR) is 115 cm³/mol. The molecule has 0 spiro atoms. The Morgan fingerprint density at radius 1 is 0.969 bits per heavy atom. The number of carbonyl (C=O) groups is 2. The molecule has 1 saturated heterocycles. The van der Waals surface area contributed by atoms with Crippen molar-refractivity contribution in [2.75, 3.05) is 39.8 Å². The molecule has 1 atom stereocenters. The fourth-order valence-electron chi connectivity index (χ4n) is 3.40. The molecule has 0 aromatic heterocycles. The average molecular weight is 461 g/mol.